The summed E-state index contributed by atoms with van der Waals surface area (Å²) < 4.78 is 12.9. The molecule has 4 rings (SSSR count). The van der Waals surface area contributed by atoms with Crippen LogP contribution in [0.3, 0.4) is 0 Å². The third kappa shape index (κ3) is 4.61. The first kappa shape index (κ1) is 19.9. The summed E-state index contributed by atoms with van der Waals surface area (Å²) in [7, 11) is 0. The van der Waals surface area contributed by atoms with Crippen LogP contribution in [-0.2, 0) is 24.4 Å². The zero-order valence-electron chi connectivity index (χ0n) is 17.6. The van der Waals surface area contributed by atoms with Crippen LogP contribution in [0.15, 0.2) is 40.9 Å². The van der Waals surface area contributed by atoms with Crippen molar-refractivity contribution in [3.63, 3.8) is 0 Å². The van der Waals surface area contributed by atoms with Crippen LogP contribution in [0.4, 0.5) is 0 Å². The Hall–Kier alpha value is -2.41. The Bertz CT molecular complexity index is 954. The fourth-order valence-electron chi connectivity index (χ4n) is 4.04. The maximum atomic E-state index is 5.47. The average Bonchev–Trinajstić information content (AvgIpc) is 3.26. The number of benzene rings is 1. The van der Waals surface area contributed by atoms with Gasteiger partial charge in [0.1, 0.15) is 5.76 Å². The van der Waals surface area contributed by atoms with Gasteiger partial charge in [-0.3, -0.25) is 4.90 Å². The van der Waals surface area contributed by atoms with E-state index in [2.05, 4.69) is 64.1 Å². The molecule has 1 aromatic carbocycles. The molecule has 1 fully saturated rings. The van der Waals surface area contributed by atoms with E-state index in [1.54, 1.807) is 0 Å². The Morgan fingerprint density at radius 3 is 2.41 bits per heavy atom. The molecule has 0 amide bonds. The Morgan fingerprint density at radius 2 is 1.69 bits per heavy atom. The number of hydrogen-bond acceptors (Lipinski definition) is 5. The predicted molar refractivity (Wildman–Crippen MR) is 113 cm³/mol. The van der Waals surface area contributed by atoms with E-state index in [1.807, 2.05) is 13.0 Å². The third-order valence-electron chi connectivity index (χ3n) is 5.63. The van der Waals surface area contributed by atoms with E-state index in [0.717, 1.165) is 57.5 Å². The molecule has 1 aliphatic heterocycles. The van der Waals surface area contributed by atoms with E-state index in [1.165, 1.54) is 28.1 Å². The molecular formula is C23H30N4O2. The highest BCUT2D eigenvalue weighted by molar-refractivity contribution is 5.36. The topological polar surface area (TPSA) is 55.5 Å². The summed E-state index contributed by atoms with van der Waals surface area (Å²) in [5.74, 6) is 1.67. The second kappa shape index (κ2) is 8.95. The molecule has 29 heavy (non-hydrogen) atoms. The summed E-state index contributed by atoms with van der Waals surface area (Å²) in [6.45, 7) is 12.5. The monoisotopic (exact) mass is 394 g/mol. The number of nitrogens with zero attached hydrogens (tertiary/aromatic N) is 3. The van der Waals surface area contributed by atoms with Crippen molar-refractivity contribution in [3.8, 4) is 5.82 Å². The Labute approximate surface area is 172 Å². The fraction of sp³-hybridized carbons (Fsp3) is 0.435. The molecule has 1 saturated heterocycles. The van der Waals surface area contributed by atoms with Gasteiger partial charge in [-0.05, 0) is 43.5 Å². The zero-order valence-corrected chi connectivity index (χ0v) is 17.6. The molecule has 6 heteroatoms. The van der Waals surface area contributed by atoms with Crippen molar-refractivity contribution >= 4 is 0 Å². The summed E-state index contributed by atoms with van der Waals surface area (Å²) >= 11 is 0. The summed E-state index contributed by atoms with van der Waals surface area (Å²) in [5.41, 5.74) is 6.41. The van der Waals surface area contributed by atoms with Gasteiger partial charge in [-0.15, -0.1) is 0 Å². The largest absolute Gasteiger partial charge is 0.379 e. The van der Waals surface area contributed by atoms with Crippen LogP contribution in [0.25, 0.3) is 5.82 Å². The second-order valence-corrected chi connectivity index (χ2v) is 7.79. The van der Waals surface area contributed by atoms with Crippen molar-refractivity contribution in [1.82, 2.24) is 19.9 Å². The molecular weight excluding hydrogens is 364 g/mol. The molecule has 0 bridgehead atoms. The quantitative estimate of drug-likeness (QED) is 0.665. The van der Waals surface area contributed by atoms with E-state index < -0.39 is 0 Å². The highest BCUT2D eigenvalue weighted by Gasteiger charge is 2.15. The van der Waals surface area contributed by atoms with Crippen LogP contribution < -0.4 is 5.32 Å². The maximum Gasteiger partial charge on any atom is 0.180 e. The second-order valence-electron chi connectivity index (χ2n) is 7.79. The van der Waals surface area contributed by atoms with E-state index in [-0.39, 0.29) is 0 Å². The van der Waals surface area contributed by atoms with Gasteiger partial charge in [0.05, 0.1) is 13.2 Å². The van der Waals surface area contributed by atoms with Gasteiger partial charge in [0.2, 0.25) is 0 Å². The first-order valence-electron chi connectivity index (χ1n) is 10.3. The van der Waals surface area contributed by atoms with E-state index in [9.17, 15) is 0 Å². The Morgan fingerprint density at radius 1 is 0.966 bits per heavy atom. The zero-order chi connectivity index (χ0) is 20.2. The molecule has 1 N–H and O–H groups in total. The average molecular weight is 395 g/mol. The highest BCUT2D eigenvalue weighted by Crippen LogP contribution is 2.21. The van der Waals surface area contributed by atoms with Crippen molar-refractivity contribution in [3.05, 3.63) is 70.2 Å². The van der Waals surface area contributed by atoms with E-state index in [4.69, 9.17) is 9.26 Å². The standard InChI is InChI=1S/C23H30N4O2/c1-17-12-22(19(3)27(17)23-13-18(2)29-25-23)15-24-14-20-6-4-5-7-21(20)16-26-8-10-28-11-9-26/h4-7,12-13,24H,8-11,14-16H2,1-3H3. The molecule has 0 spiro atoms. The number of ether oxygens (including phenoxy) is 1. The van der Waals surface area contributed by atoms with Crippen LogP contribution in [0.5, 0.6) is 0 Å². The lowest BCUT2D eigenvalue weighted by Gasteiger charge is -2.27. The van der Waals surface area contributed by atoms with Gasteiger partial charge in [-0.2, -0.15) is 0 Å². The molecule has 0 saturated carbocycles. The van der Waals surface area contributed by atoms with Gasteiger partial charge >= 0.3 is 0 Å². The number of nitrogens with one attached hydrogen (secondary N) is 1. The maximum absolute atomic E-state index is 5.47. The molecule has 0 aliphatic carbocycles. The van der Waals surface area contributed by atoms with Crippen LogP contribution in [0, 0.1) is 20.8 Å². The molecule has 0 unspecified atom stereocenters. The van der Waals surface area contributed by atoms with Gasteiger partial charge in [0, 0.05) is 50.2 Å². The van der Waals surface area contributed by atoms with Crippen LogP contribution in [-0.4, -0.2) is 40.9 Å². The first-order valence-corrected chi connectivity index (χ1v) is 10.3. The molecule has 0 radical (unpaired) electrons. The first-order chi connectivity index (χ1) is 14.1. The van der Waals surface area contributed by atoms with Gasteiger partial charge in [-0.25, -0.2) is 0 Å². The minimum Gasteiger partial charge on any atom is -0.379 e. The van der Waals surface area contributed by atoms with Crippen LogP contribution in [0.2, 0.25) is 0 Å². The lowest BCUT2D eigenvalue weighted by Crippen LogP contribution is -2.36. The number of hydrogen-bond donors (Lipinski definition) is 1. The molecule has 0 atom stereocenters. The smallest absolute Gasteiger partial charge is 0.180 e. The minimum absolute atomic E-state index is 0.822. The van der Waals surface area contributed by atoms with Crippen molar-refractivity contribution in [2.75, 3.05) is 26.3 Å². The number of aromatic nitrogens is 2. The van der Waals surface area contributed by atoms with E-state index >= 15 is 0 Å². The number of rotatable bonds is 7. The normalized spacial score (nSPS) is 15.1. The highest BCUT2D eigenvalue weighted by atomic mass is 16.5. The third-order valence-corrected chi connectivity index (χ3v) is 5.63. The Kier molecular flexibility index (Phi) is 6.13. The van der Waals surface area contributed by atoms with Gasteiger partial charge < -0.3 is 19.1 Å². The molecule has 3 aromatic rings. The Balaban J connectivity index is 1.41. The lowest BCUT2D eigenvalue weighted by atomic mass is 10.1. The fourth-order valence-corrected chi connectivity index (χ4v) is 4.04. The SMILES string of the molecule is Cc1cc(-n2c(C)cc(CNCc3ccccc3CN3CCOCC3)c2C)no1. The van der Waals surface area contributed by atoms with Crippen molar-refractivity contribution in [1.29, 1.82) is 0 Å². The summed E-state index contributed by atoms with van der Waals surface area (Å²) in [4.78, 5) is 2.47. The molecule has 2 aromatic heterocycles. The lowest BCUT2D eigenvalue weighted by molar-refractivity contribution is 0.0340. The van der Waals surface area contributed by atoms with E-state index in [0.29, 0.717) is 0 Å². The predicted octanol–water partition coefficient (Wildman–Crippen LogP) is 3.51. The van der Waals surface area contributed by atoms with Crippen molar-refractivity contribution in [2.24, 2.45) is 0 Å². The summed E-state index contributed by atoms with van der Waals surface area (Å²) in [6.07, 6.45) is 0. The molecule has 3 heterocycles. The molecule has 6 nitrogen and oxygen atoms in total. The van der Waals surface area contributed by atoms with Gasteiger partial charge in [-0.1, -0.05) is 29.4 Å². The van der Waals surface area contributed by atoms with Crippen molar-refractivity contribution in [2.45, 2.75) is 40.4 Å². The van der Waals surface area contributed by atoms with Gasteiger partial charge in [0.15, 0.2) is 5.82 Å². The number of aryl methyl sites for hydroxylation is 2. The molecule has 154 valence electrons. The summed E-state index contributed by atoms with van der Waals surface area (Å²) in [5, 5.41) is 7.80. The number of morpholine rings is 1. The van der Waals surface area contributed by atoms with Crippen molar-refractivity contribution < 1.29 is 9.26 Å². The molecule has 1 aliphatic rings. The summed E-state index contributed by atoms with van der Waals surface area (Å²) in [6, 6.07) is 12.9. The van der Waals surface area contributed by atoms with Crippen LogP contribution >= 0.6 is 0 Å². The minimum atomic E-state index is 0.822. The van der Waals surface area contributed by atoms with Gasteiger partial charge in [0.25, 0.3) is 0 Å². The van der Waals surface area contributed by atoms with Crippen LogP contribution in [0.1, 0.15) is 33.8 Å².